The van der Waals surface area contributed by atoms with Crippen LogP contribution in [0.4, 0.5) is 10.1 Å². The van der Waals surface area contributed by atoms with Gasteiger partial charge in [-0.2, -0.15) is 0 Å². The van der Waals surface area contributed by atoms with Crippen molar-refractivity contribution in [1.29, 1.82) is 0 Å². The first kappa shape index (κ1) is 11.4. The van der Waals surface area contributed by atoms with Crippen LogP contribution in [0.1, 0.15) is 19.3 Å². The zero-order valence-corrected chi connectivity index (χ0v) is 9.63. The number of nitrogen functional groups attached to an aromatic ring is 1. The molecular formula is C11H14FNO2S. The third-order valence-corrected chi connectivity index (χ3v) is 4.60. The molecule has 88 valence electrons. The molecule has 5 heteroatoms. The van der Waals surface area contributed by atoms with Crippen molar-refractivity contribution in [2.75, 3.05) is 11.5 Å². The Hall–Kier alpha value is -1.10. The molecule has 2 N–H and O–H groups in total. The lowest BCUT2D eigenvalue weighted by Crippen LogP contribution is -2.10. The van der Waals surface area contributed by atoms with E-state index in [2.05, 4.69) is 0 Å². The summed E-state index contributed by atoms with van der Waals surface area (Å²) in [7, 11) is -3.43. The molecule has 0 unspecified atom stereocenters. The van der Waals surface area contributed by atoms with Crippen molar-refractivity contribution in [3.63, 3.8) is 0 Å². The molecule has 1 aliphatic carbocycles. The van der Waals surface area contributed by atoms with Crippen LogP contribution in [-0.2, 0) is 9.84 Å². The van der Waals surface area contributed by atoms with E-state index >= 15 is 0 Å². The van der Waals surface area contributed by atoms with Gasteiger partial charge in [-0.1, -0.05) is 12.8 Å². The van der Waals surface area contributed by atoms with Gasteiger partial charge in [0.2, 0.25) is 0 Å². The molecular weight excluding hydrogens is 229 g/mol. The molecule has 2 rings (SSSR count). The molecule has 1 aromatic carbocycles. The number of anilines is 1. The van der Waals surface area contributed by atoms with E-state index in [1.165, 1.54) is 6.07 Å². The third-order valence-electron chi connectivity index (χ3n) is 2.80. The Balaban J connectivity index is 2.22. The Labute approximate surface area is 94.4 Å². The van der Waals surface area contributed by atoms with Crippen molar-refractivity contribution in [3.8, 4) is 0 Å². The van der Waals surface area contributed by atoms with E-state index in [-0.39, 0.29) is 16.3 Å². The van der Waals surface area contributed by atoms with Crippen LogP contribution in [0.15, 0.2) is 23.1 Å². The highest BCUT2D eigenvalue weighted by Crippen LogP contribution is 2.33. The number of hydrogen-bond donors (Lipinski definition) is 1. The van der Waals surface area contributed by atoms with E-state index in [1.54, 1.807) is 0 Å². The normalized spacial score (nSPS) is 16.3. The first-order chi connectivity index (χ1) is 7.49. The number of rotatable bonds is 4. The largest absolute Gasteiger partial charge is 0.398 e. The third kappa shape index (κ3) is 2.52. The highest BCUT2D eigenvalue weighted by atomic mass is 32.2. The summed E-state index contributed by atoms with van der Waals surface area (Å²) in [6, 6.07) is 3.45. The predicted molar refractivity (Wildman–Crippen MR) is 60.2 cm³/mol. The number of halogens is 1. The van der Waals surface area contributed by atoms with Gasteiger partial charge in [0.25, 0.3) is 0 Å². The summed E-state index contributed by atoms with van der Waals surface area (Å²) in [4.78, 5) is -0.0758. The fraction of sp³-hybridized carbons (Fsp3) is 0.455. The Bertz CT molecular complexity index is 495. The first-order valence-corrected chi connectivity index (χ1v) is 6.92. The van der Waals surface area contributed by atoms with Gasteiger partial charge in [-0.05, 0) is 30.5 Å². The summed E-state index contributed by atoms with van der Waals surface area (Å²) in [5, 5.41) is 0. The SMILES string of the molecule is Nc1ccc(F)cc1S(=O)(=O)CCC1CC1. The molecule has 0 heterocycles. The molecule has 0 amide bonds. The zero-order chi connectivity index (χ0) is 11.8. The van der Waals surface area contributed by atoms with Gasteiger partial charge in [0, 0.05) is 0 Å². The molecule has 0 bridgehead atoms. The van der Waals surface area contributed by atoms with Crippen LogP contribution < -0.4 is 5.73 Å². The van der Waals surface area contributed by atoms with Crippen LogP contribution in [0.25, 0.3) is 0 Å². The molecule has 1 saturated carbocycles. The lowest BCUT2D eigenvalue weighted by Gasteiger charge is -2.07. The quantitative estimate of drug-likeness (QED) is 0.822. The summed E-state index contributed by atoms with van der Waals surface area (Å²) in [5.74, 6) is 0.0226. The summed E-state index contributed by atoms with van der Waals surface area (Å²) in [5.41, 5.74) is 5.67. The molecule has 16 heavy (non-hydrogen) atoms. The maximum atomic E-state index is 13.0. The summed E-state index contributed by atoms with van der Waals surface area (Å²) >= 11 is 0. The van der Waals surface area contributed by atoms with Crippen molar-refractivity contribution in [1.82, 2.24) is 0 Å². The van der Waals surface area contributed by atoms with Crippen LogP contribution in [0.2, 0.25) is 0 Å². The van der Waals surface area contributed by atoms with Gasteiger partial charge in [0.15, 0.2) is 9.84 Å². The van der Waals surface area contributed by atoms with Gasteiger partial charge in [-0.15, -0.1) is 0 Å². The van der Waals surface area contributed by atoms with Crippen molar-refractivity contribution in [3.05, 3.63) is 24.0 Å². The Morgan fingerprint density at radius 2 is 2.06 bits per heavy atom. The molecule has 0 radical (unpaired) electrons. The summed E-state index contributed by atoms with van der Waals surface area (Å²) in [6.07, 6.45) is 2.86. The van der Waals surface area contributed by atoms with Gasteiger partial charge >= 0.3 is 0 Å². The van der Waals surface area contributed by atoms with E-state index in [0.717, 1.165) is 25.0 Å². The maximum absolute atomic E-state index is 13.0. The number of sulfone groups is 1. The second kappa shape index (κ2) is 4.05. The lowest BCUT2D eigenvalue weighted by atomic mass is 10.3. The van der Waals surface area contributed by atoms with Crippen molar-refractivity contribution in [2.45, 2.75) is 24.2 Å². The Morgan fingerprint density at radius 1 is 1.38 bits per heavy atom. The average Bonchev–Trinajstić information content (AvgIpc) is 3.02. The van der Waals surface area contributed by atoms with E-state index in [4.69, 9.17) is 5.73 Å². The molecule has 0 saturated heterocycles. The van der Waals surface area contributed by atoms with Gasteiger partial charge in [-0.25, -0.2) is 12.8 Å². The van der Waals surface area contributed by atoms with E-state index in [0.29, 0.717) is 12.3 Å². The highest BCUT2D eigenvalue weighted by molar-refractivity contribution is 7.91. The van der Waals surface area contributed by atoms with Crippen molar-refractivity contribution < 1.29 is 12.8 Å². The second-order valence-corrected chi connectivity index (χ2v) is 6.31. The summed E-state index contributed by atoms with van der Waals surface area (Å²) in [6.45, 7) is 0. The minimum absolute atomic E-state index is 0.0608. The number of nitrogens with two attached hydrogens (primary N) is 1. The fourth-order valence-electron chi connectivity index (χ4n) is 1.62. The first-order valence-electron chi connectivity index (χ1n) is 5.27. The molecule has 1 aliphatic rings. The van der Waals surface area contributed by atoms with Crippen LogP contribution in [-0.4, -0.2) is 14.2 Å². The smallest absolute Gasteiger partial charge is 0.180 e. The van der Waals surface area contributed by atoms with E-state index in [9.17, 15) is 12.8 Å². The van der Waals surface area contributed by atoms with Gasteiger partial charge < -0.3 is 5.73 Å². The zero-order valence-electron chi connectivity index (χ0n) is 8.82. The maximum Gasteiger partial charge on any atom is 0.180 e. The van der Waals surface area contributed by atoms with Crippen LogP contribution >= 0.6 is 0 Å². The van der Waals surface area contributed by atoms with Crippen molar-refractivity contribution in [2.24, 2.45) is 5.92 Å². The minimum atomic E-state index is -3.43. The minimum Gasteiger partial charge on any atom is -0.398 e. The Kier molecular flexibility index (Phi) is 2.88. The van der Waals surface area contributed by atoms with E-state index in [1.807, 2.05) is 0 Å². The molecule has 0 aliphatic heterocycles. The standard InChI is InChI=1S/C11H14FNO2S/c12-9-3-4-10(13)11(7-9)16(14,15)6-5-8-1-2-8/h3-4,7-8H,1-2,5-6,13H2. The predicted octanol–water partition coefficient (Wildman–Crippen LogP) is 1.98. The van der Waals surface area contributed by atoms with E-state index < -0.39 is 15.7 Å². The van der Waals surface area contributed by atoms with Gasteiger partial charge in [0.1, 0.15) is 5.82 Å². The second-order valence-electron chi connectivity index (χ2n) is 4.23. The molecule has 0 atom stereocenters. The van der Waals surface area contributed by atoms with Gasteiger partial charge in [-0.3, -0.25) is 0 Å². The fourth-order valence-corrected chi connectivity index (χ4v) is 3.20. The topological polar surface area (TPSA) is 60.2 Å². The lowest BCUT2D eigenvalue weighted by molar-refractivity contribution is 0.586. The summed E-state index contributed by atoms with van der Waals surface area (Å²) < 4.78 is 36.8. The van der Waals surface area contributed by atoms with Gasteiger partial charge in [0.05, 0.1) is 16.3 Å². The highest BCUT2D eigenvalue weighted by Gasteiger charge is 2.26. The number of hydrogen-bond acceptors (Lipinski definition) is 3. The van der Waals surface area contributed by atoms with Crippen molar-refractivity contribution >= 4 is 15.5 Å². The molecule has 0 aromatic heterocycles. The number of benzene rings is 1. The van der Waals surface area contributed by atoms with Crippen LogP contribution in [0, 0.1) is 11.7 Å². The average molecular weight is 243 g/mol. The van der Waals surface area contributed by atoms with Crippen LogP contribution in [0.3, 0.4) is 0 Å². The molecule has 1 fully saturated rings. The monoisotopic (exact) mass is 243 g/mol. The molecule has 3 nitrogen and oxygen atoms in total. The van der Waals surface area contributed by atoms with Crippen LogP contribution in [0.5, 0.6) is 0 Å². The molecule has 0 spiro atoms. The Morgan fingerprint density at radius 3 is 2.69 bits per heavy atom. The molecule has 1 aromatic rings.